The van der Waals surface area contributed by atoms with Gasteiger partial charge in [-0.05, 0) is 43.7 Å². The van der Waals surface area contributed by atoms with Crippen LogP contribution in [0.5, 0.6) is 0 Å². The van der Waals surface area contributed by atoms with Gasteiger partial charge in [0.15, 0.2) is 0 Å². The van der Waals surface area contributed by atoms with Crippen LogP contribution in [0.2, 0.25) is 4.34 Å². The van der Waals surface area contributed by atoms with E-state index in [0.717, 1.165) is 20.5 Å². The SMILES string of the molecule is Cc1cccc(NC(=O)CNC(C)c2ccc(Cl)s2)c1. The molecule has 1 amide bonds. The fourth-order valence-corrected chi connectivity index (χ4v) is 2.92. The molecule has 2 N–H and O–H groups in total. The zero-order valence-electron chi connectivity index (χ0n) is 11.4. The number of carbonyl (C=O) groups excluding carboxylic acids is 1. The molecule has 2 aromatic rings. The summed E-state index contributed by atoms with van der Waals surface area (Å²) in [4.78, 5) is 13.0. The Kier molecular flexibility index (Phi) is 5.17. The van der Waals surface area contributed by atoms with E-state index in [9.17, 15) is 4.79 Å². The van der Waals surface area contributed by atoms with E-state index >= 15 is 0 Å². The van der Waals surface area contributed by atoms with Crippen molar-refractivity contribution in [3.63, 3.8) is 0 Å². The second kappa shape index (κ2) is 6.88. The Bertz CT molecular complexity index is 597. The molecule has 0 bridgehead atoms. The van der Waals surface area contributed by atoms with Crippen LogP contribution in [-0.4, -0.2) is 12.5 Å². The number of carbonyl (C=O) groups is 1. The Morgan fingerprint density at radius 1 is 1.35 bits per heavy atom. The largest absolute Gasteiger partial charge is 0.325 e. The van der Waals surface area contributed by atoms with Crippen LogP contribution in [0.1, 0.15) is 23.4 Å². The van der Waals surface area contributed by atoms with Crippen LogP contribution >= 0.6 is 22.9 Å². The fourth-order valence-electron chi connectivity index (χ4n) is 1.84. The number of halogens is 1. The Morgan fingerprint density at radius 2 is 2.15 bits per heavy atom. The summed E-state index contributed by atoms with van der Waals surface area (Å²) in [5.41, 5.74) is 1.95. The van der Waals surface area contributed by atoms with E-state index in [-0.39, 0.29) is 18.5 Å². The zero-order chi connectivity index (χ0) is 14.5. The van der Waals surface area contributed by atoms with Gasteiger partial charge in [-0.3, -0.25) is 4.79 Å². The number of hydrogen-bond acceptors (Lipinski definition) is 3. The van der Waals surface area contributed by atoms with Crippen LogP contribution < -0.4 is 10.6 Å². The quantitative estimate of drug-likeness (QED) is 0.876. The van der Waals surface area contributed by atoms with Crippen molar-refractivity contribution < 1.29 is 4.79 Å². The van der Waals surface area contributed by atoms with Gasteiger partial charge in [0.2, 0.25) is 5.91 Å². The summed E-state index contributed by atoms with van der Waals surface area (Å²) in [6.45, 7) is 4.28. The number of rotatable bonds is 5. The number of hydrogen-bond donors (Lipinski definition) is 2. The highest BCUT2D eigenvalue weighted by Gasteiger charge is 2.10. The predicted molar refractivity (Wildman–Crippen MR) is 85.6 cm³/mol. The smallest absolute Gasteiger partial charge is 0.238 e. The molecular weight excluding hydrogens is 292 g/mol. The normalized spacial score (nSPS) is 12.2. The lowest BCUT2D eigenvalue weighted by molar-refractivity contribution is -0.115. The second-order valence-corrected chi connectivity index (χ2v) is 6.41. The monoisotopic (exact) mass is 308 g/mol. The Labute approximate surface area is 128 Å². The first-order chi connectivity index (χ1) is 9.54. The van der Waals surface area contributed by atoms with Crippen LogP contribution in [-0.2, 0) is 4.79 Å². The lowest BCUT2D eigenvalue weighted by Crippen LogP contribution is -2.29. The van der Waals surface area contributed by atoms with Crippen LogP contribution in [0.25, 0.3) is 0 Å². The van der Waals surface area contributed by atoms with Gasteiger partial charge in [0.1, 0.15) is 0 Å². The summed E-state index contributed by atoms with van der Waals surface area (Å²) >= 11 is 7.43. The summed E-state index contributed by atoms with van der Waals surface area (Å²) in [5, 5.41) is 6.06. The molecule has 0 aliphatic carbocycles. The molecule has 1 unspecified atom stereocenters. The lowest BCUT2D eigenvalue weighted by atomic mass is 10.2. The first-order valence-corrected chi connectivity index (χ1v) is 7.59. The molecule has 1 heterocycles. The lowest BCUT2D eigenvalue weighted by Gasteiger charge is -2.12. The van der Waals surface area contributed by atoms with Crippen molar-refractivity contribution in [1.29, 1.82) is 0 Å². The molecule has 1 aromatic carbocycles. The molecule has 5 heteroatoms. The van der Waals surface area contributed by atoms with Crippen LogP contribution in [0, 0.1) is 6.92 Å². The molecule has 1 atom stereocenters. The summed E-state index contributed by atoms with van der Waals surface area (Å²) in [5.74, 6) is -0.0508. The molecule has 106 valence electrons. The maximum absolute atomic E-state index is 11.9. The number of benzene rings is 1. The number of anilines is 1. The van der Waals surface area contributed by atoms with Crippen LogP contribution in [0.3, 0.4) is 0 Å². The number of nitrogens with one attached hydrogen (secondary N) is 2. The van der Waals surface area contributed by atoms with Gasteiger partial charge in [-0.2, -0.15) is 0 Å². The van der Waals surface area contributed by atoms with E-state index in [2.05, 4.69) is 10.6 Å². The van der Waals surface area contributed by atoms with Gasteiger partial charge in [-0.15, -0.1) is 11.3 Å². The highest BCUT2D eigenvalue weighted by Crippen LogP contribution is 2.26. The summed E-state index contributed by atoms with van der Waals surface area (Å²) in [6, 6.07) is 11.7. The van der Waals surface area contributed by atoms with Gasteiger partial charge < -0.3 is 10.6 Å². The molecule has 1 aromatic heterocycles. The Morgan fingerprint density at radius 3 is 2.80 bits per heavy atom. The van der Waals surface area contributed by atoms with Crippen molar-refractivity contribution in [2.24, 2.45) is 0 Å². The van der Waals surface area contributed by atoms with Crippen molar-refractivity contribution >= 4 is 34.5 Å². The van der Waals surface area contributed by atoms with E-state index < -0.39 is 0 Å². The van der Waals surface area contributed by atoms with Gasteiger partial charge in [-0.1, -0.05) is 23.7 Å². The number of aryl methyl sites for hydroxylation is 1. The molecule has 20 heavy (non-hydrogen) atoms. The third-order valence-electron chi connectivity index (χ3n) is 2.89. The third kappa shape index (κ3) is 4.34. The molecule has 0 fully saturated rings. The van der Waals surface area contributed by atoms with Crippen LogP contribution in [0.4, 0.5) is 5.69 Å². The van der Waals surface area contributed by atoms with Gasteiger partial charge in [0.05, 0.1) is 10.9 Å². The summed E-state index contributed by atoms with van der Waals surface area (Å²) in [7, 11) is 0. The first kappa shape index (κ1) is 15.0. The Hall–Kier alpha value is -1.36. The molecule has 0 saturated carbocycles. The maximum Gasteiger partial charge on any atom is 0.238 e. The summed E-state index contributed by atoms with van der Waals surface area (Å²) < 4.78 is 0.762. The number of thiophene rings is 1. The molecule has 0 saturated heterocycles. The topological polar surface area (TPSA) is 41.1 Å². The molecule has 2 rings (SSSR count). The molecule has 0 spiro atoms. The minimum absolute atomic E-state index is 0.0508. The van der Waals surface area contributed by atoms with Crippen molar-refractivity contribution in [3.8, 4) is 0 Å². The summed E-state index contributed by atoms with van der Waals surface area (Å²) in [6.07, 6.45) is 0. The Balaban J connectivity index is 1.83. The molecule has 0 aliphatic heterocycles. The first-order valence-electron chi connectivity index (χ1n) is 6.40. The fraction of sp³-hybridized carbons (Fsp3) is 0.267. The van der Waals surface area contributed by atoms with E-state index in [4.69, 9.17) is 11.6 Å². The molecule has 0 radical (unpaired) electrons. The molecule has 0 aliphatic rings. The third-order valence-corrected chi connectivity index (χ3v) is 4.31. The van der Waals surface area contributed by atoms with E-state index in [0.29, 0.717) is 0 Å². The average molecular weight is 309 g/mol. The van der Waals surface area contributed by atoms with Gasteiger partial charge in [-0.25, -0.2) is 0 Å². The van der Waals surface area contributed by atoms with Gasteiger partial charge in [0, 0.05) is 16.6 Å². The van der Waals surface area contributed by atoms with E-state index in [1.807, 2.05) is 50.2 Å². The number of amides is 1. The molecular formula is C15H17ClN2OS. The molecule has 3 nitrogen and oxygen atoms in total. The van der Waals surface area contributed by atoms with Gasteiger partial charge >= 0.3 is 0 Å². The van der Waals surface area contributed by atoms with Crippen LogP contribution in [0.15, 0.2) is 36.4 Å². The average Bonchev–Trinajstić information content (AvgIpc) is 2.83. The van der Waals surface area contributed by atoms with Crippen molar-refractivity contribution in [2.75, 3.05) is 11.9 Å². The highest BCUT2D eigenvalue weighted by molar-refractivity contribution is 7.16. The van der Waals surface area contributed by atoms with Crippen molar-refractivity contribution in [3.05, 3.63) is 51.2 Å². The van der Waals surface area contributed by atoms with Crippen molar-refractivity contribution in [2.45, 2.75) is 19.9 Å². The zero-order valence-corrected chi connectivity index (χ0v) is 13.0. The predicted octanol–water partition coefficient (Wildman–Crippen LogP) is 4.00. The van der Waals surface area contributed by atoms with E-state index in [1.54, 1.807) is 0 Å². The standard InChI is InChI=1S/C15H17ClN2OS/c1-10-4-3-5-12(8-10)18-15(19)9-17-11(2)13-6-7-14(16)20-13/h3-8,11,17H,9H2,1-2H3,(H,18,19). The minimum atomic E-state index is -0.0508. The van der Waals surface area contributed by atoms with Gasteiger partial charge in [0.25, 0.3) is 0 Å². The highest BCUT2D eigenvalue weighted by atomic mass is 35.5. The maximum atomic E-state index is 11.9. The van der Waals surface area contributed by atoms with Crippen molar-refractivity contribution in [1.82, 2.24) is 5.32 Å². The second-order valence-electron chi connectivity index (χ2n) is 4.66. The minimum Gasteiger partial charge on any atom is -0.325 e. The van der Waals surface area contributed by atoms with E-state index in [1.165, 1.54) is 11.3 Å².